The lowest BCUT2D eigenvalue weighted by molar-refractivity contribution is -0.118. The molecule has 1 unspecified atom stereocenters. The Morgan fingerprint density at radius 2 is 2.00 bits per heavy atom. The molecule has 1 atom stereocenters. The molecule has 2 N–H and O–H groups in total. The molecule has 0 bridgehead atoms. The summed E-state index contributed by atoms with van der Waals surface area (Å²) in [4.78, 5) is 31.2. The summed E-state index contributed by atoms with van der Waals surface area (Å²) in [6, 6.07) is 14.3. The van der Waals surface area contributed by atoms with Crippen molar-refractivity contribution in [3.63, 3.8) is 0 Å². The second kappa shape index (κ2) is 10.0. The molecular formula is C24H24N4O2S2. The van der Waals surface area contributed by atoms with Crippen LogP contribution in [0.25, 0.3) is 16.2 Å². The zero-order valence-corrected chi connectivity index (χ0v) is 19.5. The zero-order valence-electron chi connectivity index (χ0n) is 17.9. The van der Waals surface area contributed by atoms with Gasteiger partial charge in [0, 0.05) is 34.6 Å². The van der Waals surface area contributed by atoms with E-state index in [1.165, 1.54) is 0 Å². The predicted octanol–water partition coefficient (Wildman–Crippen LogP) is 4.86. The van der Waals surface area contributed by atoms with Gasteiger partial charge < -0.3 is 10.6 Å². The Balaban J connectivity index is 1.44. The fourth-order valence-corrected chi connectivity index (χ4v) is 4.52. The van der Waals surface area contributed by atoms with Gasteiger partial charge in [0.15, 0.2) is 4.96 Å². The number of nitrogens with zero attached hydrogens (tertiary/aromatic N) is 2. The minimum atomic E-state index is -0.616. The molecule has 0 aliphatic carbocycles. The highest BCUT2D eigenvalue weighted by molar-refractivity contribution is 7.98. The number of imidazole rings is 1. The van der Waals surface area contributed by atoms with Crippen LogP contribution in [0.5, 0.6) is 0 Å². The van der Waals surface area contributed by atoms with Crippen molar-refractivity contribution >= 4 is 45.6 Å². The van der Waals surface area contributed by atoms with Crippen LogP contribution in [0, 0.1) is 6.92 Å². The first-order valence-corrected chi connectivity index (χ1v) is 12.5. The minimum absolute atomic E-state index is 0.227. The van der Waals surface area contributed by atoms with Crippen molar-refractivity contribution in [2.75, 3.05) is 17.3 Å². The van der Waals surface area contributed by atoms with E-state index < -0.39 is 6.04 Å². The summed E-state index contributed by atoms with van der Waals surface area (Å²) >= 11 is 3.23. The summed E-state index contributed by atoms with van der Waals surface area (Å²) in [7, 11) is 0. The van der Waals surface area contributed by atoms with Crippen molar-refractivity contribution in [2.45, 2.75) is 19.4 Å². The number of aromatic nitrogens is 2. The number of hydrogen-bond donors (Lipinski definition) is 2. The van der Waals surface area contributed by atoms with E-state index >= 15 is 0 Å². The molecule has 6 nitrogen and oxygen atoms in total. The maximum atomic E-state index is 12.9. The number of anilines is 1. The molecule has 2 amide bonds. The van der Waals surface area contributed by atoms with Gasteiger partial charge in [-0.15, -0.1) is 11.3 Å². The fourth-order valence-electron chi connectivity index (χ4n) is 3.35. The Morgan fingerprint density at radius 1 is 1.19 bits per heavy atom. The van der Waals surface area contributed by atoms with Gasteiger partial charge in [0.2, 0.25) is 5.91 Å². The summed E-state index contributed by atoms with van der Waals surface area (Å²) in [5, 5.41) is 7.82. The lowest BCUT2D eigenvalue weighted by atomic mass is 10.1. The van der Waals surface area contributed by atoms with E-state index in [0.29, 0.717) is 17.7 Å². The minimum Gasteiger partial charge on any atom is -0.340 e. The molecule has 164 valence electrons. The Kier molecular flexibility index (Phi) is 6.92. The van der Waals surface area contributed by atoms with Crippen LogP contribution in [0.3, 0.4) is 0 Å². The summed E-state index contributed by atoms with van der Waals surface area (Å²) in [5.74, 6) is 0.295. The molecule has 2 aromatic carbocycles. The van der Waals surface area contributed by atoms with Gasteiger partial charge in [-0.25, -0.2) is 4.98 Å². The topological polar surface area (TPSA) is 75.5 Å². The van der Waals surface area contributed by atoms with Crippen molar-refractivity contribution < 1.29 is 9.59 Å². The SMILES string of the molecule is CSCCC(NC(=O)c1cccc(C)c1)C(=O)Nc1ccc(-c2cn3ccsc3n2)cc1. The van der Waals surface area contributed by atoms with E-state index in [-0.39, 0.29) is 11.8 Å². The molecule has 2 heterocycles. The Hall–Kier alpha value is -3.10. The Morgan fingerprint density at radius 3 is 2.72 bits per heavy atom. The highest BCUT2D eigenvalue weighted by atomic mass is 32.2. The van der Waals surface area contributed by atoms with E-state index in [4.69, 9.17) is 0 Å². The van der Waals surface area contributed by atoms with Crippen molar-refractivity contribution in [1.29, 1.82) is 0 Å². The second-order valence-corrected chi connectivity index (χ2v) is 9.32. The molecular weight excluding hydrogens is 440 g/mol. The number of carbonyl (C=O) groups is 2. The largest absolute Gasteiger partial charge is 0.340 e. The molecule has 4 rings (SSSR count). The highest BCUT2D eigenvalue weighted by Crippen LogP contribution is 2.23. The average Bonchev–Trinajstić information content (AvgIpc) is 3.39. The van der Waals surface area contributed by atoms with E-state index in [1.54, 1.807) is 29.2 Å². The van der Waals surface area contributed by atoms with Crippen LogP contribution in [0.2, 0.25) is 0 Å². The highest BCUT2D eigenvalue weighted by Gasteiger charge is 2.21. The summed E-state index contributed by atoms with van der Waals surface area (Å²) in [6.45, 7) is 1.94. The second-order valence-electron chi connectivity index (χ2n) is 7.46. The van der Waals surface area contributed by atoms with Crippen molar-refractivity contribution in [3.8, 4) is 11.3 Å². The smallest absolute Gasteiger partial charge is 0.251 e. The lowest BCUT2D eigenvalue weighted by Crippen LogP contribution is -2.44. The van der Waals surface area contributed by atoms with Gasteiger partial charge in [-0.1, -0.05) is 29.8 Å². The lowest BCUT2D eigenvalue weighted by Gasteiger charge is -2.18. The van der Waals surface area contributed by atoms with Gasteiger partial charge in [-0.3, -0.25) is 14.0 Å². The first-order valence-electron chi connectivity index (χ1n) is 10.2. The quantitative estimate of drug-likeness (QED) is 0.390. The molecule has 32 heavy (non-hydrogen) atoms. The molecule has 4 aromatic rings. The van der Waals surface area contributed by atoms with E-state index in [9.17, 15) is 9.59 Å². The third-order valence-electron chi connectivity index (χ3n) is 5.05. The average molecular weight is 465 g/mol. The summed E-state index contributed by atoms with van der Waals surface area (Å²) < 4.78 is 1.99. The molecule has 0 spiro atoms. The van der Waals surface area contributed by atoms with E-state index in [1.807, 2.05) is 77.8 Å². The van der Waals surface area contributed by atoms with Gasteiger partial charge in [-0.05, 0) is 49.6 Å². The van der Waals surface area contributed by atoms with E-state index in [0.717, 1.165) is 27.5 Å². The first kappa shape index (κ1) is 22.1. The fraction of sp³-hybridized carbons (Fsp3) is 0.208. The molecule has 0 saturated carbocycles. The monoisotopic (exact) mass is 464 g/mol. The molecule has 0 radical (unpaired) electrons. The van der Waals surface area contributed by atoms with Crippen LogP contribution in [0.1, 0.15) is 22.3 Å². The van der Waals surface area contributed by atoms with Gasteiger partial charge >= 0.3 is 0 Å². The number of nitrogens with one attached hydrogen (secondary N) is 2. The Bertz CT molecular complexity index is 1200. The summed E-state index contributed by atoms with van der Waals surface area (Å²) in [5.41, 5.74) is 4.10. The van der Waals surface area contributed by atoms with Crippen LogP contribution in [0.4, 0.5) is 5.69 Å². The van der Waals surface area contributed by atoms with Crippen molar-refractivity contribution in [1.82, 2.24) is 14.7 Å². The van der Waals surface area contributed by atoms with Gasteiger partial charge in [-0.2, -0.15) is 11.8 Å². The predicted molar refractivity (Wildman–Crippen MR) is 133 cm³/mol. The van der Waals surface area contributed by atoms with Crippen molar-refractivity contribution in [3.05, 3.63) is 77.4 Å². The van der Waals surface area contributed by atoms with Crippen molar-refractivity contribution in [2.24, 2.45) is 0 Å². The number of amides is 2. The number of aryl methyl sites for hydroxylation is 1. The molecule has 0 aliphatic rings. The number of benzene rings is 2. The number of thioether (sulfide) groups is 1. The molecule has 0 fully saturated rings. The number of fused-ring (bicyclic) bond motifs is 1. The number of thiazole rings is 1. The number of rotatable bonds is 8. The number of carbonyl (C=O) groups excluding carboxylic acids is 2. The normalized spacial score (nSPS) is 11.9. The zero-order chi connectivity index (χ0) is 22.5. The van der Waals surface area contributed by atoms with Crippen LogP contribution >= 0.6 is 23.1 Å². The van der Waals surface area contributed by atoms with Gasteiger partial charge in [0.1, 0.15) is 6.04 Å². The van der Waals surface area contributed by atoms with Gasteiger partial charge in [0.05, 0.1) is 5.69 Å². The maximum absolute atomic E-state index is 12.9. The molecule has 2 aromatic heterocycles. The molecule has 0 saturated heterocycles. The standard InChI is InChI=1S/C24H24N4O2S2/c1-16-4-3-5-18(14-16)22(29)26-20(10-12-31-2)23(30)25-19-8-6-17(7-9-19)21-15-28-11-13-32-24(28)27-21/h3-9,11,13-15,20H,10,12H2,1-2H3,(H,25,30)(H,26,29). The first-order chi connectivity index (χ1) is 15.5. The summed E-state index contributed by atoms with van der Waals surface area (Å²) in [6.07, 6.45) is 6.49. The number of hydrogen-bond acceptors (Lipinski definition) is 5. The third-order valence-corrected chi connectivity index (χ3v) is 6.47. The van der Waals surface area contributed by atoms with Crippen LogP contribution < -0.4 is 10.6 Å². The van der Waals surface area contributed by atoms with Crippen LogP contribution in [-0.2, 0) is 4.79 Å². The van der Waals surface area contributed by atoms with Gasteiger partial charge in [0.25, 0.3) is 5.91 Å². The maximum Gasteiger partial charge on any atom is 0.251 e. The van der Waals surface area contributed by atoms with E-state index in [2.05, 4.69) is 15.6 Å². The third kappa shape index (κ3) is 5.20. The Labute approximate surface area is 195 Å². The van der Waals surface area contributed by atoms with Crippen LogP contribution in [-0.4, -0.2) is 39.2 Å². The molecule has 8 heteroatoms. The molecule has 0 aliphatic heterocycles. The van der Waals surface area contributed by atoms with Crippen LogP contribution in [0.15, 0.2) is 66.3 Å².